The molecule has 0 aliphatic heterocycles. The van der Waals surface area contributed by atoms with Crippen molar-refractivity contribution in [1.29, 1.82) is 0 Å². The van der Waals surface area contributed by atoms with E-state index in [1.54, 1.807) is 22.7 Å². The first-order chi connectivity index (χ1) is 7.97. The zero-order chi connectivity index (χ0) is 12.6. The molecule has 0 spiro atoms. The minimum Gasteiger partial charge on any atom is -0.387 e. The number of hydrogen-bond acceptors (Lipinski definition) is 4. The summed E-state index contributed by atoms with van der Waals surface area (Å²) >= 11 is 6.77. The standard InChI is InChI=1S/C12H14BrNOS2/c1-6-7(2)17-12(14-6)5-10(15)11-4-9(13)8(3)16-11/h4,10,15H,5H2,1-3H3. The number of aliphatic hydroxyl groups excluding tert-OH is 1. The average Bonchev–Trinajstić information content (AvgIpc) is 2.73. The molecule has 2 rings (SSSR count). The molecule has 1 atom stereocenters. The zero-order valence-corrected chi connectivity index (χ0v) is 13.2. The van der Waals surface area contributed by atoms with Gasteiger partial charge in [0, 0.05) is 25.5 Å². The van der Waals surface area contributed by atoms with E-state index >= 15 is 0 Å². The van der Waals surface area contributed by atoms with Gasteiger partial charge >= 0.3 is 0 Å². The largest absolute Gasteiger partial charge is 0.387 e. The minimum atomic E-state index is -0.449. The second kappa shape index (κ2) is 5.18. The summed E-state index contributed by atoms with van der Waals surface area (Å²) in [4.78, 5) is 7.89. The number of thiophene rings is 1. The summed E-state index contributed by atoms with van der Waals surface area (Å²) in [6.45, 7) is 6.12. The van der Waals surface area contributed by atoms with Crippen molar-refractivity contribution < 1.29 is 5.11 Å². The Morgan fingerprint density at radius 2 is 2.00 bits per heavy atom. The Morgan fingerprint density at radius 3 is 2.47 bits per heavy atom. The van der Waals surface area contributed by atoms with Crippen LogP contribution in [0, 0.1) is 20.8 Å². The van der Waals surface area contributed by atoms with E-state index in [0.29, 0.717) is 6.42 Å². The van der Waals surface area contributed by atoms with Gasteiger partial charge in [0.1, 0.15) is 0 Å². The maximum atomic E-state index is 10.2. The van der Waals surface area contributed by atoms with Crippen molar-refractivity contribution in [2.24, 2.45) is 0 Å². The fourth-order valence-corrected chi connectivity index (χ4v) is 4.06. The Labute approximate surface area is 117 Å². The summed E-state index contributed by atoms with van der Waals surface area (Å²) in [5, 5.41) is 11.2. The lowest BCUT2D eigenvalue weighted by atomic mass is 10.2. The van der Waals surface area contributed by atoms with Gasteiger partial charge in [-0.15, -0.1) is 22.7 Å². The quantitative estimate of drug-likeness (QED) is 0.915. The van der Waals surface area contributed by atoms with Gasteiger partial charge in [-0.3, -0.25) is 0 Å². The molecule has 0 aliphatic rings. The normalized spacial score (nSPS) is 13.0. The predicted molar refractivity (Wildman–Crippen MR) is 77.0 cm³/mol. The molecule has 1 N–H and O–H groups in total. The maximum Gasteiger partial charge on any atom is 0.0960 e. The third-order valence-electron chi connectivity index (χ3n) is 2.65. The molecule has 0 saturated heterocycles. The summed E-state index contributed by atoms with van der Waals surface area (Å²) in [6, 6.07) is 2.00. The highest BCUT2D eigenvalue weighted by atomic mass is 79.9. The Morgan fingerprint density at radius 1 is 1.29 bits per heavy atom. The van der Waals surface area contributed by atoms with Gasteiger partial charge in [0.25, 0.3) is 0 Å². The number of aromatic nitrogens is 1. The molecule has 92 valence electrons. The number of aryl methyl sites for hydroxylation is 3. The second-order valence-electron chi connectivity index (χ2n) is 4.02. The first-order valence-electron chi connectivity index (χ1n) is 5.34. The molecule has 1 unspecified atom stereocenters. The molecular formula is C12H14BrNOS2. The summed E-state index contributed by atoms with van der Waals surface area (Å²) in [6.07, 6.45) is 0.154. The lowest BCUT2D eigenvalue weighted by Crippen LogP contribution is -1.99. The lowest BCUT2D eigenvalue weighted by Gasteiger charge is -2.05. The number of hydrogen-bond donors (Lipinski definition) is 1. The first kappa shape index (κ1) is 13.2. The molecule has 2 aromatic heterocycles. The topological polar surface area (TPSA) is 33.1 Å². The van der Waals surface area contributed by atoms with E-state index in [2.05, 4.69) is 27.8 Å². The summed E-state index contributed by atoms with van der Waals surface area (Å²) in [5.41, 5.74) is 1.07. The van der Waals surface area contributed by atoms with Gasteiger partial charge in [0.05, 0.1) is 16.8 Å². The molecular weight excluding hydrogens is 318 g/mol. The molecule has 0 fully saturated rings. The van der Waals surface area contributed by atoms with Gasteiger partial charge in [-0.2, -0.15) is 0 Å². The molecule has 0 saturated carbocycles. The Kier molecular flexibility index (Phi) is 4.02. The van der Waals surface area contributed by atoms with Gasteiger partial charge in [-0.05, 0) is 42.8 Å². The first-order valence-corrected chi connectivity index (χ1v) is 7.76. The number of thiazole rings is 1. The van der Waals surface area contributed by atoms with Crippen molar-refractivity contribution >= 4 is 38.6 Å². The molecule has 0 radical (unpaired) electrons. The van der Waals surface area contributed by atoms with E-state index in [1.807, 2.05) is 19.9 Å². The van der Waals surface area contributed by atoms with Gasteiger partial charge in [0.15, 0.2) is 0 Å². The molecule has 0 amide bonds. The summed E-state index contributed by atoms with van der Waals surface area (Å²) < 4.78 is 1.07. The van der Waals surface area contributed by atoms with Crippen molar-refractivity contribution in [2.75, 3.05) is 0 Å². The highest BCUT2D eigenvalue weighted by Gasteiger charge is 2.15. The van der Waals surface area contributed by atoms with Crippen LogP contribution in [0.25, 0.3) is 0 Å². The van der Waals surface area contributed by atoms with Crippen LogP contribution >= 0.6 is 38.6 Å². The van der Waals surface area contributed by atoms with Crippen molar-refractivity contribution in [2.45, 2.75) is 33.3 Å². The van der Waals surface area contributed by atoms with Crippen molar-refractivity contribution in [3.8, 4) is 0 Å². The number of halogens is 1. The molecule has 2 heterocycles. The van der Waals surface area contributed by atoms with Crippen molar-refractivity contribution in [1.82, 2.24) is 4.98 Å². The van der Waals surface area contributed by atoms with E-state index in [-0.39, 0.29) is 0 Å². The van der Waals surface area contributed by atoms with Crippen LogP contribution in [-0.4, -0.2) is 10.1 Å². The van der Waals surface area contributed by atoms with E-state index in [9.17, 15) is 5.11 Å². The molecule has 17 heavy (non-hydrogen) atoms. The number of nitrogens with zero attached hydrogens (tertiary/aromatic N) is 1. The smallest absolute Gasteiger partial charge is 0.0960 e. The minimum absolute atomic E-state index is 0.449. The SMILES string of the molecule is Cc1nc(CC(O)c2cc(Br)c(C)s2)sc1C. The van der Waals surface area contributed by atoms with E-state index in [1.165, 1.54) is 9.75 Å². The average molecular weight is 332 g/mol. The van der Waals surface area contributed by atoms with Crippen LogP contribution < -0.4 is 0 Å². The molecule has 0 aliphatic carbocycles. The van der Waals surface area contributed by atoms with Gasteiger partial charge in [-0.1, -0.05) is 0 Å². The summed E-state index contributed by atoms with van der Waals surface area (Å²) in [5.74, 6) is 0. The molecule has 5 heteroatoms. The van der Waals surface area contributed by atoms with Crippen molar-refractivity contribution in [3.05, 3.63) is 35.9 Å². The van der Waals surface area contributed by atoms with E-state index < -0.39 is 6.10 Å². The fourth-order valence-electron chi connectivity index (χ4n) is 1.54. The maximum absolute atomic E-state index is 10.2. The Balaban J connectivity index is 2.13. The van der Waals surface area contributed by atoms with Crippen LogP contribution in [-0.2, 0) is 6.42 Å². The van der Waals surface area contributed by atoms with Crippen LogP contribution in [0.3, 0.4) is 0 Å². The van der Waals surface area contributed by atoms with Crippen LogP contribution in [0.4, 0.5) is 0 Å². The monoisotopic (exact) mass is 331 g/mol. The summed E-state index contributed by atoms with van der Waals surface area (Å²) in [7, 11) is 0. The van der Waals surface area contributed by atoms with Gasteiger partial charge < -0.3 is 5.11 Å². The fraction of sp³-hybridized carbons (Fsp3) is 0.417. The van der Waals surface area contributed by atoms with Crippen LogP contribution in [0.15, 0.2) is 10.5 Å². The molecule has 2 aromatic rings. The predicted octanol–water partition coefficient (Wildman–Crippen LogP) is 4.17. The second-order valence-corrected chi connectivity index (χ2v) is 7.45. The number of rotatable bonds is 3. The highest BCUT2D eigenvalue weighted by Crippen LogP contribution is 2.32. The molecule has 2 nitrogen and oxygen atoms in total. The van der Waals surface area contributed by atoms with Crippen LogP contribution in [0.1, 0.15) is 31.4 Å². The van der Waals surface area contributed by atoms with Gasteiger partial charge in [-0.25, -0.2) is 4.98 Å². The van der Waals surface area contributed by atoms with Crippen molar-refractivity contribution in [3.63, 3.8) is 0 Å². The molecule has 0 bridgehead atoms. The number of aliphatic hydroxyl groups is 1. The van der Waals surface area contributed by atoms with Gasteiger partial charge in [0.2, 0.25) is 0 Å². The third kappa shape index (κ3) is 2.96. The highest BCUT2D eigenvalue weighted by molar-refractivity contribution is 9.10. The third-order valence-corrected chi connectivity index (χ3v) is 5.98. The Bertz CT molecular complexity index is 494. The zero-order valence-electron chi connectivity index (χ0n) is 9.95. The Hall–Kier alpha value is -0.230. The van der Waals surface area contributed by atoms with Crippen LogP contribution in [0.5, 0.6) is 0 Å². The van der Waals surface area contributed by atoms with E-state index in [4.69, 9.17) is 0 Å². The lowest BCUT2D eigenvalue weighted by molar-refractivity contribution is 0.182. The van der Waals surface area contributed by atoms with E-state index in [0.717, 1.165) is 20.1 Å². The molecule has 0 aromatic carbocycles. The van der Waals surface area contributed by atoms with Crippen LogP contribution in [0.2, 0.25) is 0 Å².